The molecule has 4 rings (SSSR count). The van der Waals surface area contributed by atoms with E-state index in [2.05, 4.69) is 22.0 Å². The fourth-order valence-electron chi connectivity index (χ4n) is 4.23. The number of hydrogen-bond acceptors (Lipinski definition) is 7. The molecule has 9 heteroatoms. The molecule has 194 valence electrons. The molecule has 1 aromatic heterocycles. The minimum Gasteiger partial charge on any atom is -0.378 e. The van der Waals surface area contributed by atoms with Crippen LogP contribution in [0, 0.1) is 0 Å². The van der Waals surface area contributed by atoms with Crippen LogP contribution in [0.3, 0.4) is 0 Å². The van der Waals surface area contributed by atoms with Crippen LogP contribution in [0.25, 0.3) is 0 Å². The number of piperazine rings is 1. The van der Waals surface area contributed by atoms with E-state index in [-0.39, 0.29) is 11.8 Å². The van der Waals surface area contributed by atoms with Crippen molar-refractivity contribution in [3.63, 3.8) is 0 Å². The van der Waals surface area contributed by atoms with E-state index >= 15 is 0 Å². The van der Waals surface area contributed by atoms with Gasteiger partial charge in [-0.05, 0) is 23.3 Å². The van der Waals surface area contributed by atoms with Gasteiger partial charge in [0, 0.05) is 71.2 Å². The van der Waals surface area contributed by atoms with Gasteiger partial charge in [-0.1, -0.05) is 54.2 Å². The zero-order chi connectivity index (χ0) is 26.2. The Kier molecular flexibility index (Phi) is 9.14. The topological polar surface area (TPSA) is 78.9 Å². The van der Waals surface area contributed by atoms with Crippen molar-refractivity contribution in [1.82, 2.24) is 19.8 Å². The van der Waals surface area contributed by atoms with Gasteiger partial charge in [-0.3, -0.25) is 9.59 Å². The molecule has 2 aromatic carbocycles. The van der Waals surface area contributed by atoms with E-state index in [0.29, 0.717) is 49.3 Å². The number of nitrogens with zero attached hydrogens (tertiary/aromatic N) is 5. The highest BCUT2D eigenvalue weighted by Gasteiger charge is 2.23. The van der Waals surface area contributed by atoms with E-state index in [4.69, 9.17) is 9.72 Å². The third-order valence-corrected chi connectivity index (χ3v) is 7.16. The fraction of sp³-hybridized carbons (Fsp3) is 0.357. The summed E-state index contributed by atoms with van der Waals surface area (Å²) in [4.78, 5) is 39.8. The largest absolute Gasteiger partial charge is 0.378 e. The number of carbonyl (C=O) groups is 2. The Bertz CT molecular complexity index is 1220. The number of anilines is 1. The Morgan fingerprint density at radius 3 is 2.35 bits per heavy atom. The van der Waals surface area contributed by atoms with Crippen molar-refractivity contribution in [2.24, 2.45) is 0 Å². The van der Waals surface area contributed by atoms with E-state index in [1.807, 2.05) is 60.5 Å². The van der Waals surface area contributed by atoms with Gasteiger partial charge in [-0.15, -0.1) is 0 Å². The summed E-state index contributed by atoms with van der Waals surface area (Å²) < 4.78 is 5.34. The van der Waals surface area contributed by atoms with Crippen molar-refractivity contribution in [3.8, 4) is 0 Å². The van der Waals surface area contributed by atoms with E-state index in [1.165, 1.54) is 17.3 Å². The Balaban J connectivity index is 1.43. The van der Waals surface area contributed by atoms with Crippen molar-refractivity contribution in [2.75, 3.05) is 45.2 Å². The number of hydrogen-bond donors (Lipinski definition) is 0. The van der Waals surface area contributed by atoms with Gasteiger partial charge in [0.15, 0.2) is 5.16 Å². The molecule has 37 heavy (non-hydrogen) atoms. The minimum atomic E-state index is -0.00165. The molecule has 0 unspecified atom stereocenters. The van der Waals surface area contributed by atoms with Crippen LogP contribution in [0.5, 0.6) is 0 Å². The first-order valence-corrected chi connectivity index (χ1v) is 13.3. The van der Waals surface area contributed by atoms with Gasteiger partial charge in [-0.2, -0.15) is 0 Å². The highest BCUT2D eigenvalue weighted by atomic mass is 32.2. The second-order valence-electron chi connectivity index (χ2n) is 9.06. The molecule has 2 amide bonds. The van der Waals surface area contributed by atoms with Gasteiger partial charge in [0.05, 0.1) is 12.3 Å². The monoisotopic (exact) mass is 519 g/mol. The first kappa shape index (κ1) is 26.6. The number of rotatable bonds is 9. The van der Waals surface area contributed by atoms with Crippen LogP contribution in [-0.4, -0.2) is 71.9 Å². The standard InChI is InChI=1S/C28H33N5O3S/c1-21(34)32-12-14-33(15-13-32)27(35)24-11-7-10-23(16-24)20-37-28-29-25(19-36-3)17-26(30-28)31(2)18-22-8-5-4-6-9-22/h4-11,16-17H,12-15,18-20H2,1-3H3. The Morgan fingerprint density at radius 2 is 1.65 bits per heavy atom. The Morgan fingerprint density at radius 1 is 0.946 bits per heavy atom. The molecule has 0 N–H and O–H groups in total. The average molecular weight is 520 g/mol. The first-order chi connectivity index (χ1) is 17.9. The van der Waals surface area contributed by atoms with Gasteiger partial charge in [0.25, 0.3) is 5.91 Å². The van der Waals surface area contributed by atoms with Gasteiger partial charge in [-0.25, -0.2) is 9.97 Å². The molecule has 1 aliphatic heterocycles. The summed E-state index contributed by atoms with van der Waals surface area (Å²) in [5.41, 5.74) is 3.71. The van der Waals surface area contributed by atoms with Crippen molar-refractivity contribution in [3.05, 3.63) is 83.0 Å². The zero-order valence-corrected chi connectivity index (χ0v) is 22.4. The second-order valence-corrected chi connectivity index (χ2v) is 10.0. The van der Waals surface area contributed by atoms with Gasteiger partial charge < -0.3 is 19.4 Å². The summed E-state index contributed by atoms with van der Waals surface area (Å²) in [6.07, 6.45) is 0. The summed E-state index contributed by atoms with van der Waals surface area (Å²) in [5.74, 6) is 1.52. The summed E-state index contributed by atoms with van der Waals surface area (Å²) in [6, 6.07) is 19.9. The molecule has 0 atom stereocenters. The van der Waals surface area contributed by atoms with E-state index < -0.39 is 0 Å². The smallest absolute Gasteiger partial charge is 0.253 e. The Labute approximate surface area is 222 Å². The molecule has 3 aromatic rings. The number of benzene rings is 2. The summed E-state index contributed by atoms with van der Waals surface area (Å²) >= 11 is 1.54. The lowest BCUT2D eigenvalue weighted by Gasteiger charge is -2.34. The molecule has 1 aliphatic rings. The molecule has 1 saturated heterocycles. The summed E-state index contributed by atoms with van der Waals surface area (Å²) in [7, 11) is 3.68. The number of thioether (sulfide) groups is 1. The molecular formula is C28H33N5O3S. The maximum absolute atomic E-state index is 13.1. The zero-order valence-electron chi connectivity index (χ0n) is 21.6. The number of ether oxygens (including phenoxy) is 1. The molecule has 2 heterocycles. The third kappa shape index (κ3) is 7.30. The molecule has 0 radical (unpaired) electrons. The van der Waals surface area contributed by atoms with Crippen molar-refractivity contribution >= 4 is 29.4 Å². The third-order valence-electron chi connectivity index (χ3n) is 6.25. The van der Waals surface area contributed by atoms with Crippen LogP contribution >= 0.6 is 11.8 Å². The van der Waals surface area contributed by atoms with Crippen LogP contribution in [0.4, 0.5) is 5.82 Å². The average Bonchev–Trinajstić information content (AvgIpc) is 2.92. The number of amides is 2. The second kappa shape index (κ2) is 12.7. The SMILES string of the molecule is COCc1cc(N(C)Cc2ccccc2)nc(SCc2cccc(C(=O)N3CCN(C(C)=O)CC3)c2)n1. The van der Waals surface area contributed by atoms with E-state index in [9.17, 15) is 9.59 Å². The van der Waals surface area contributed by atoms with Crippen LogP contribution in [-0.2, 0) is 28.4 Å². The molecule has 1 fully saturated rings. The normalized spacial score (nSPS) is 13.5. The fourth-order valence-corrected chi connectivity index (χ4v) is 5.04. The number of methoxy groups -OCH3 is 1. The van der Waals surface area contributed by atoms with Crippen molar-refractivity contribution in [2.45, 2.75) is 31.0 Å². The Hall–Kier alpha value is -3.43. The molecule has 0 aliphatic carbocycles. The van der Waals surface area contributed by atoms with Crippen LogP contribution in [0.1, 0.15) is 34.1 Å². The molecule has 8 nitrogen and oxygen atoms in total. The predicted octanol–water partition coefficient (Wildman–Crippen LogP) is 3.86. The summed E-state index contributed by atoms with van der Waals surface area (Å²) in [6.45, 7) is 4.97. The maximum atomic E-state index is 13.1. The number of carbonyl (C=O) groups excluding carboxylic acids is 2. The van der Waals surface area contributed by atoms with Crippen molar-refractivity contribution in [1.29, 1.82) is 0 Å². The highest BCUT2D eigenvalue weighted by molar-refractivity contribution is 7.98. The molecular weight excluding hydrogens is 486 g/mol. The predicted molar refractivity (Wildman–Crippen MR) is 145 cm³/mol. The van der Waals surface area contributed by atoms with Gasteiger partial charge in [0.2, 0.25) is 5.91 Å². The lowest BCUT2D eigenvalue weighted by Crippen LogP contribution is -2.50. The van der Waals surface area contributed by atoms with Gasteiger partial charge >= 0.3 is 0 Å². The number of aromatic nitrogens is 2. The maximum Gasteiger partial charge on any atom is 0.253 e. The van der Waals surface area contributed by atoms with Crippen molar-refractivity contribution < 1.29 is 14.3 Å². The van der Waals surface area contributed by atoms with Crippen LogP contribution in [0.15, 0.2) is 65.8 Å². The minimum absolute atomic E-state index is 0.00165. The molecule has 0 spiro atoms. The van der Waals surface area contributed by atoms with E-state index in [1.54, 1.807) is 18.9 Å². The van der Waals surface area contributed by atoms with Gasteiger partial charge in [0.1, 0.15) is 5.82 Å². The highest BCUT2D eigenvalue weighted by Crippen LogP contribution is 2.24. The summed E-state index contributed by atoms with van der Waals surface area (Å²) in [5, 5.41) is 0.668. The van der Waals surface area contributed by atoms with E-state index in [0.717, 1.165) is 23.6 Å². The first-order valence-electron chi connectivity index (χ1n) is 12.3. The molecule has 0 saturated carbocycles. The van der Waals surface area contributed by atoms with Crippen LogP contribution < -0.4 is 4.90 Å². The molecule has 0 bridgehead atoms. The lowest BCUT2D eigenvalue weighted by atomic mass is 10.1. The van der Waals surface area contributed by atoms with Crippen LogP contribution in [0.2, 0.25) is 0 Å². The lowest BCUT2D eigenvalue weighted by molar-refractivity contribution is -0.130. The quantitative estimate of drug-likeness (QED) is 0.314.